The van der Waals surface area contributed by atoms with Crippen molar-refractivity contribution in [2.75, 3.05) is 0 Å². The predicted molar refractivity (Wildman–Crippen MR) is 64.4 cm³/mol. The molecule has 0 aromatic heterocycles. The third-order valence-corrected chi connectivity index (χ3v) is 4.87. The Bertz CT molecular complexity index is 182. The second kappa shape index (κ2) is 7.64. The summed E-state index contributed by atoms with van der Waals surface area (Å²) in [5.41, 5.74) is 0. The first-order valence-electron chi connectivity index (χ1n) is 4.17. The summed E-state index contributed by atoms with van der Waals surface area (Å²) in [6.07, 6.45) is 3.13. The van der Waals surface area contributed by atoms with Gasteiger partial charge in [-0.05, 0) is 30.6 Å². The van der Waals surface area contributed by atoms with Gasteiger partial charge in [0.05, 0.1) is 4.20 Å². The summed E-state index contributed by atoms with van der Waals surface area (Å²) in [7, 11) is 2.74. The Morgan fingerprint density at radius 2 is 2.23 bits per heavy atom. The molecule has 1 unspecified atom stereocenters. The van der Waals surface area contributed by atoms with Crippen molar-refractivity contribution < 1.29 is 9.90 Å². The summed E-state index contributed by atoms with van der Waals surface area (Å²) >= 11 is 5.07. The Labute approximate surface area is 92.3 Å². The minimum atomic E-state index is -0.782. The molecule has 5 heteroatoms. The van der Waals surface area contributed by atoms with Crippen LogP contribution in [-0.2, 0) is 4.79 Å². The van der Waals surface area contributed by atoms with Gasteiger partial charge in [0, 0.05) is 0 Å². The largest absolute Gasteiger partial charge is 0.480 e. The quantitative estimate of drug-likeness (QED) is 0.567. The molecule has 0 aromatic carbocycles. The third kappa shape index (κ3) is 7.34. The molecule has 1 atom stereocenters. The van der Waals surface area contributed by atoms with Crippen LogP contribution >= 0.6 is 33.8 Å². The van der Waals surface area contributed by atoms with E-state index in [0.717, 1.165) is 23.5 Å². The highest BCUT2D eigenvalue weighted by atomic mass is 33.1. The summed E-state index contributed by atoms with van der Waals surface area (Å²) in [6, 6.07) is 0. The SMILES string of the molecule is CCCCC(=S)SSC(C)C(=O)O. The highest BCUT2D eigenvalue weighted by molar-refractivity contribution is 8.84. The first-order valence-corrected chi connectivity index (χ1v) is 6.79. The molecule has 0 spiro atoms. The minimum absolute atomic E-state index is 0.385. The smallest absolute Gasteiger partial charge is 0.317 e. The number of thiocarbonyl (C=S) groups is 1. The van der Waals surface area contributed by atoms with Crippen LogP contribution in [0.5, 0.6) is 0 Å². The van der Waals surface area contributed by atoms with Gasteiger partial charge < -0.3 is 5.11 Å². The normalized spacial score (nSPS) is 12.5. The number of aliphatic carboxylic acids is 1. The van der Waals surface area contributed by atoms with Crippen LogP contribution in [0, 0.1) is 0 Å². The number of hydrogen-bond acceptors (Lipinski definition) is 4. The molecule has 0 amide bonds. The second-order valence-electron chi connectivity index (χ2n) is 2.64. The van der Waals surface area contributed by atoms with Crippen LogP contribution in [0.4, 0.5) is 0 Å². The number of hydrogen-bond donors (Lipinski definition) is 1. The Morgan fingerprint density at radius 3 is 2.69 bits per heavy atom. The minimum Gasteiger partial charge on any atom is -0.480 e. The van der Waals surface area contributed by atoms with Gasteiger partial charge in [-0.3, -0.25) is 4.79 Å². The average Bonchev–Trinajstić information content (AvgIpc) is 2.10. The standard InChI is InChI=1S/C8H14O2S3/c1-3-4-5-7(11)13-12-6(2)8(9)10/h6H,3-5H2,1-2H3,(H,9,10). The molecule has 0 bridgehead atoms. The molecule has 0 aromatic rings. The molecule has 0 fully saturated rings. The van der Waals surface area contributed by atoms with Crippen molar-refractivity contribution in [3.8, 4) is 0 Å². The highest BCUT2D eigenvalue weighted by Crippen LogP contribution is 2.30. The fraction of sp³-hybridized carbons (Fsp3) is 0.750. The fourth-order valence-corrected chi connectivity index (χ4v) is 2.84. The lowest BCUT2D eigenvalue weighted by Gasteiger charge is -2.05. The van der Waals surface area contributed by atoms with E-state index in [4.69, 9.17) is 17.3 Å². The van der Waals surface area contributed by atoms with Gasteiger partial charge in [-0.15, -0.1) is 0 Å². The molecule has 0 aliphatic carbocycles. The Kier molecular flexibility index (Phi) is 7.80. The number of carbonyl (C=O) groups is 1. The van der Waals surface area contributed by atoms with E-state index in [-0.39, 0.29) is 5.25 Å². The molecular weight excluding hydrogens is 224 g/mol. The molecule has 1 N–H and O–H groups in total. The van der Waals surface area contributed by atoms with E-state index >= 15 is 0 Å². The van der Waals surface area contributed by atoms with Crippen LogP contribution in [0.2, 0.25) is 0 Å². The molecule has 76 valence electrons. The molecule has 0 radical (unpaired) electrons. The lowest BCUT2D eigenvalue weighted by Crippen LogP contribution is -2.10. The summed E-state index contributed by atoms with van der Waals surface area (Å²) in [4.78, 5) is 10.4. The van der Waals surface area contributed by atoms with Crippen molar-refractivity contribution in [2.24, 2.45) is 0 Å². The van der Waals surface area contributed by atoms with Crippen LogP contribution in [0.3, 0.4) is 0 Å². The molecule has 2 nitrogen and oxygen atoms in total. The highest BCUT2D eigenvalue weighted by Gasteiger charge is 2.12. The number of rotatable bonds is 6. The predicted octanol–water partition coefficient (Wildman–Crippen LogP) is 3.36. The zero-order valence-electron chi connectivity index (χ0n) is 7.78. The Morgan fingerprint density at radius 1 is 1.62 bits per heavy atom. The summed E-state index contributed by atoms with van der Waals surface area (Å²) < 4.78 is 0.903. The molecular formula is C8H14O2S3. The van der Waals surface area contributed by atoms with Crippen LogP contribution < -0.4 is 0 Å². The van der Waals surface area contributed by atoms with Crippen molar-refractivity contribution in [2.45, 2.75) is 38.4 Å². The first kappa shape index (κ1) is 13.3. The molecule has 0 saturated carbocycles. The van der Waals surface area contributed by atoms with Gasteiger partial charge in [0.1, 0.15) is 5.25 Å². The van der Waals surface area contributed by atoms with Gasteiger partial charge in [-0.1, -0.05) is 36.4 Å². The fourth-order valence-electron chi connectivity index (χ4n) is 0.530. The van der Waals surface area contributed by atoms with Gasteiger partial charge in [-0.2, -0.15) is 0 Å². The molecule has 0 aliphatic rings. The Balaban J connectivity index is 3.52. The maximum absolute atomic E-state index is 10.4. The van der Waals surface area contributed by atoms with Crippen molar-refractivity contribution in [3.63, 3.8) is 0 Å². The second-order valence-corrected chi connectivity index (χ2v) is 6.02. The van der Waals surface area contributed by atoms with Crippen LogP contribution in [0.25, 0.3) is 0 Å². The maximum Gasteiger partial charge on any atom is 0.317 e. The summed E-state index contributed by atoms with van der Waals surface area (Å²) in [6.45, 7) is 3.78. The van der Waals surface area contributed by atoms with Crippen LogP contribution in [0.1, 0.15) is 33.1 Å². The Hall–Kier alpha value is 0.260. The lowest BCUT2D eigenvalue weighted by atomic mass is 10.3. The van der Waals surface area contributed by atoms with E-state index < -0.39 is 5.97 Å². The number of carboxylic acids is 1. The summed E-state index contributed by atoms with van der Waals surface area (Å²) in [5, 5.41) is 8.21. The summed E-state index contributed by atoms with van der Waals surface area (Å²) in [5.74, 6) is -0.782. The van der Waals surface area contributed by atoms with Gasteiger partial charge in [0.15, 0.2) is 0 Å². The zero-order chi connectivity index (χ0) is 10.3. The van der Waals surface area contributed by atoms with Gasteiger partial charge in [0.2, 0.25) is 0 Å². The van der Waals surface area contributed by atoms with E-state index in [1.165, 1.54) is 21.6 Å². The monoisotopic (exact) mass is 238 g/mol. The molecule has 0 heterocycles. The molecule has 0 saturated heterocycles. The topological polar surface area (TPSA) is 37.3 Å². The van der Waals surface area contributed by atoms with Gasteiger partial charge in [0.25, 0.3) is 0 Å². The van der Waals surface area contributed by atoms with E-state index in [1.807, 2.05) is 0 Å². The van der Waals surface area contributed by atoms with Crippen LogP contribution in [-0.4, -0.2) is 20.5 Å². The zero-order valence-corrected chi connectivity index (χ0v) is 10.2. The van der Waals surface area contributed by atoms with E-state index in [2.05, 4.69) is 6.92 Å². The lowest BCUT2D eigenvalue weighted by molar-refractivity contribution is -0.136. The molecule has 0 rings (SSSR count). The maximum atomic E-state index is 10.4. The van der Waals surface area contributed by atoms with Crippen LogP contribution in [0.15, 0.2) is 0 Å². The van der Waals surface area contributed by atoms with Crippen molar-refractivity contribution in [3.05, 3.63) is 0 Å². The van der Waals surface area contributed by atoms with E-state index in [0.29, 0.717) is 0 Å². The van der Waals surface area contributed by atoms with Crippen molar-refractivity contribution >= 4 is 44.0 Å². The molecule has 0 aliphatic heterocycles. The van der Waals surface area contributed by atoms with Gasteiger partial charge >= 0.3 is 5.97 Å². The number of carboxylic acid groups (broad SMARTS) is 1. The van der Waals surface area contributed by atoms with Gasteiger partial charge in [-0.25, -0.2) is 0 Å². The first-order chi connectivity index (χ1) is 6.07. The number of unbranched alkanes of at least 4 members (excludes halogenated alkanes) is 1. The third-order valence-electron chi connectivity index (χ3n) is 1.37. The molecule has 13 heavy (non-hydrogen) atoms. The average molecular weight is 238 g/mol. The van der Waals surface area contributed by atoms with Crippen molar-refractivity contribution in [1.82, 2.24) is 0 Å². The van der Waals surface area contributed by atoms with Crippen molar-refractivity contribution in [1.29, 1.82) is 0 Å². The van der Waals surface area contributed by atoms with E-state index in [1.54, 1.807) is 6.92 Å². The van der Waals surface area contributed by atoms with E-state index in [9.17, 15) is 4.79 Å².